The maximum absolute atomic E-state index is 9.28. The minimum Gasteiger partial charge on any atom is -0.367 e. The number of nitriles is 1. The van der Waals surface area contributed by atoms with Crippen LogP contribution in [0.5, 0.6) is 0 Å². The standard InChI is InChI=1S/C15H22N4/c1-4-15(7-5-6-8-15)10-17-14-13(9-16)11(2)12(3)18-19-14/h4-8,10H2,1-3H3,(H,17,19). The van der Waals surface area contributed by atoms with E-state index in [2.05, 4.69) is 28.5 Å². The summed E-state index contributed by atoms with van der Waals surface area (Å²) in [4.78, 5) is 0. The SMILES string of the molecule is CCC1(CNc2nnc(C)c(C)c2C#N)CCCC1. The van der Waals surface area contributed by atoms with Crippen molar-refractivity contribution in [1.82, 2.24) is 10.2 Å². The van der Waals surface area contributed by atoms with Gasteiger partial charge in [-0.15, -0.1) is 5.10 Å². The Hall–Kier alpha value is -1.63. The minimum atomic E-state index is 0.382. The van der Waals surface area contributed by atoms with Crippen LogP contribution in [0, 0.1) is 30.6 Å². The molecule has 0 amide bonds. The molecule has 1 aliphatic carbocycles. The van der Waals surface area contributed by atoms with Crippen LogP contribution in [0.25, 0.3) is 0 Å². The summed E-state index contributed by atoms with van der Waals surface area (Å²) in [6.45, 7) is 6.97. The first-order valence-electron chi connectivity index (χ1n) is 7.10. The van der Waals surface area contributed by atoms with Gasteiger partial charge in [-0.2, -0.15) is 10.4 Å². The minimum absolute atomic E-state index is 0.382. The van der Waals surface area contributed by atoms with Crippen LogP contribution in [0.4, 0.5) is 5.82 Å². The van der Waals surface area contributed by atoms with Gasteiger partial charge in [0.2, 0.25) is 0 Å². The van der Waals surface area contributed by atoms with E-state index >= 15 is 0 Å². The summed E-state index contributed by atoms with van der Waals surface area (Å²) >= 11 is 0. The third-order valence-corrected chi connectivity index (χ3v) is 4.61. The first-order valence-corrected chi connectivity index (χ1v) is 7.10. The van der Waals surface area contributed by atoms with Gasteiger partial charge in [0.25, 0.3) is 0 Å². The second-order valence-corrected chi connectivity index (χ2v) is 5.66. The summed E-state index contributed by atoms with van der Waals surface area (Å²) in [5.41, 5.74) is 2.77. The van der Waals surface area contributed by atoms with Crippen molar-refractivity contribution in [3.05, 3.63) is 16.8 Å². The summed E-state index contributed by atoms with van der Waals surface area (Å²) < 4.78 is 0. The number of aromatic nitrogens is 2. The van der Waals surface area contributed by atoms with Crippen LogP contribution in [0.1, 0.15) is 55.8 Å². The van der Waals surface area contributed by atoms with Gasteiger partial charge in [-0.1, -0.05) is 19.8 Å². The lowest BCUT2D eigenvalue weighted by molar-refractivity contribution is 0.306. The molecule has 1 saturated carbocycles. The van der Waals surface area contributed by atoms with Gasteiger partial charge < -0.3 is 5.32 Å². The third kappa shape index (κ3) is 2.70. The Bertz CT molecular complexity index is 496. The highest BCUT2D eigenvalue weighted by molar-refractivity contribution is 5.55. The largest absolute Gasteiger partial charge is 0.367 e. The first-order chi connectivity index (χ1) is 9.12. The number of hydrogen-bond acceptors (Lipinski definition) is 4. The lowest BCUT2D eigenvalue weighted by Crippen LogP contribution is -2.26. The molecule has 1 N–H and O–H groups in total. The molecule has 19 heavy (non-hydrogen) atoms. The summed E-state index contributed by atoms with van der Waals surface area (Å²) in [6.07, 6.45) is 6.37. The summed E-state index contributed by atoms with van der Waals surface area (Å²) in [6, 6.07) is 2.25. The van der Waals surface area contributed by atoms with Crippen molar-refractivity contribution < 1.29 is 0 Å². The molecule has 0 bridgehead atoms. The summed E-state index contributed by atoms with van der Waals surface area (Å²) in [7, 11) is 0. The zero-order valence-electron chi connectivity index (χ0n) is 12.1. The van der Waals surface area contributed by atoms with E-state index in [1.807, 2.05) is 13.8 Å². The lowest BCUT2D eigenvalue weighted by atomic mass is 9.83. The number of anilines is 1. The first kappa shape index (κ1) is 13.8. The van der Waals surface area contributed by atoms with Crippen molar-refractivity contribution in [2.45, 2.75) is 52.9 Å². The maximum Gasteiger partial charge on any atom is 0.166 e. The van der Waals surface area contributed by atoms with Crippen molar-refractivity contribution in [2.24, 2.45) is 5.41 Å². The molecule has 1 fully saturated rings. The van der Waals surface area contributed by atoms with Gasteiger partial charge in [-0.05, 0) is 44.1 Å². The molecule has 0 aliphatic heterocycles. The van der Waals surface area contributed by atoms with E-state index in [0.717, 1.165) is 17.8 Å². The predicted molar refractivity (Wildman–Crippen MR) is 75.9 cm³/mol. The van der Waals surface area contributed by atoms with E-state index in [-0.39, 0.29) is 0 Å². The Labute approximate surface area is 115 Å². The Morgan fingerprint density at radius 2 is 1.95 bits per heavy atom. The molecule has 0 saturated heterocycles. The molecular weight excluding hydrogens is 236 g/mol. The monoisotopic (exact) mass is 258 g/mol. The summed E-state index contributed by atoms with van der Waals surface area (Å²) in [5, 5.41) is 20.9. The van der Waals surface area contributed by atoms with Gasteiger partial charge in [-0.25, -0.2) is 0 Å². The second-order valence-electron chi connectivity index (χ2n) is 5.66. The van der Waals surface area contributed by atoms with Crippen LogP contribution < -0.4 is 5.32 Å². The molecule has 0 atom stereocenters. The van der Waals surface area contributed by atoms with E-state index in [0.29, 0.717) is 16.8 Å². The van der Waals surface area contributed by atoms with E-state index in [1.54, 1.807) is 0 Å². The fourth-order valence-electron chi connectivity index (χ4n) is 2.92. The average molecular weight is 258 g/mol. The molecule has 102 valence electrons. The highest BCUT2D eigenvalue weighted by Gasteiger charge is 2.32. The van der Waals surface area contributed by atoms with Crippen molar-refractivity contribution in [3.63, 3.8) is 0 Å². The van der Waals surface area contributed by atoms with Crippen molar-refractivity contribution in [2.75, 3.05) is 11.9 Å². The van der Waals surface area contributed by atoms with Crippen LogP contribution in [0.2, 0.25) is 0 Å². The number of aryl methyl sites for hydroxylation is 1. The van der Waals surface area contributed by atoms with Gasteiger partial charge in [0.15, 0.2) is 5.82 Å². The van der Waals surface area contributed by atoms with E-state index in [1.165, 1.54) is 32.1 Å². The quantitative estimate of drug-likeness (QED) is 0.899. The predicted octanol–water partition coefficient (Wildman–Crippen LogP) is 3.35. The van der Waals surface area contributed by atoms with E-state index in [9.17, 15) is 5.26 Å². The molecule has 4 nitrogen and oxygen atoms in total. The topological polar surface area (TPSA) is 61.6 Å². The molecule has 1 aromatic heterocycles. The van der Waals surface area contributed by atoms with Crippen LogP contribution in [0.15, 0.2) is 0 Å². The Kier molecular flexibility index (Phi) is 4.04. The maximum atomic E-state index is 9.28. The Balaban J connectivity index is 2.16. The smallest absolute Gasteiger partial charge is 0.166 e. The molecule has 0 unspecified atom stereocenters. The zero-order chi connectivity index (χ0) is 13.9. The Morgan fingerprint density at radius 3 is 2.53 bits per heavy atom. The van der Waals surface area contributed by atoms with E-state index < -0.39 is 0 Å². The number of nitrogens with one attached hydrogen (secondary N) is 1. The van der Waals surface area contributed by atoms with Crippen LogP contribution in [0.3, 0.4) is 0 Å². The fourth-order valence-corrected chi connectivity index (χ4v) is 2.92. The van der Waals surface area contributed by atoms with E-state index in [4.69, 9.17) is 0 Å². The molecule has 1 heterocycles. The fraction of sp³-hybridized carbons (Fsp3) is 0.667. The van der Waals surface area contributed by atoms with Gasteiger partial charge in [0.05, 0.1) is 5.69 Å². The summed E-state index contributed by atoms with van der Waals surface area (Å²) in [5.74, 6) is 0.644. The number of nitrogens with zero attached hydrogens (tertiary/aromatic N) is 3. The third-order valence-electron chi connectivity index (χ3n) is 4.61. The van der Waals surface area contributed by atoms with Gasteiger partial charge in [0, 0.05) is 6.54 Å². The normalized spacial score (nSPS) is 17.2. The molecular formula is C15H22N4. The lowest BCUT2D eigenvalue weighted by Gasteiger charge is -2.28. The average Bonchev–Trinajstić information content (AvgIpc) is 2.89. The molecule has 4 heteroatoms. The van der Waals surface area contributed by atoms with Gasteiger partial charge in [-0.3, -0.25) is 0 Å². The molecule has 0 radical (unpaired) electrons. The molecule has 1 aromatic rings. The van der Waals surface area contributed by atoms with Crippen LogP contribution in [-0.2, 0) is 0 Å². The highest BCUT2D eigenvalue weighted by Crippen LogP contribution is 2.41. The second kappa shape index (κ2) is 5.56. The molecule has 2 rings (SSSR count). The van der Waals surface area contributed by atoms with Crippen molar-refractivity contribution >= 4 is 5.82 Å². The van der Waals surface area contributed by atoms with Gasteiger partial charge in [0.1, 0.15) is 11.6 Å². The van der Waals surface area contributed by atoms with Crippen LogP contribution in [-0.4, -0.2) is 16.7 Å². The highest BCUT2D eigenvalue weighted by atomic mass is 15.2. The number of hydrogen-bond donors (Lipinski definition) is 1. The number of rotatable bonds is 4. The Morgan fingerprint density at radius 1 is 1.26 bits per heavy atom. The van der Waals surface area contributed by atoms with Gasteiger partial charge >= 0.3 is 0 Å². The zero-order valence-corrected chi connectivity index (χ0v) is 12.1. The van der Waals surface area contributed by atoms with Crippen LogP contribution >= 0.6 is 0 Å². The molecule has 1 aliphatic rings. The molecule has 0 spiro atoms. The van der Waals surface area contributed by atoms with Crippen molar-refractivity contribution in [1.29, 1.82) is 5.26 Å². The van der Waals surface area contributed by atoms with Crippen molar-refractivity contribution in [3.8, 4) is 6.07 Å². The molecule has 0 aromatic carbocycles.